The first-order chi connectivity index (χ1) is 10.5. The van der Waals surface area contributed by atoms with Crippen LogP contribution in [0.15, 0.2) is 29.1 Å². The van der Waals surface area contributed by atoms with Crippen molar-refractivity contribution in [3.63, 3.8) is 0 Å². The van der Waals surface area contributed by atoms with Crippen LogP contribution in [0.1, 0.15) is 50.0 Å². The summed E-state index contributed by atoms with van der Waals surface area (Å²) in [7, 11) is 1.57. The van der Waals surface area contributed by atoms with E-state index in [1.165, 1.54) is 11.1 Å². The molecular formula is C17H23N3O2. The number of hydrogen-bond donors (Lipinski definition) is 1. The molecule has 0 aliphatic rings. The van der Waals surface area contributed by atoms with E-state index in [9.17, 15) is 9.59 Å². The Bertz CT molecular complexity index is 721. The van der Waals surface area contributed by atoms with E-state index in [1.807, 2.05) is 13.0 Å². The number of amides is 1. The number of carbonyl (C=O) groups is 1. The number of unbranched alkanes of at least 4 members (excludes halogenated alkanes) is 2. The van der Waals surface area contributed by atoms with Crippen LogP contribution in [0.3, 0.4) is 0 Å². The molecule has 2 aromatic rings. The first kappa shape index (κ1) is 16.2. The maximum Gasteiger partial charge on any atom is 0.274 e. The maximum absolute atomic E-state index is 12.5. The van der Waals surface area contributed by atoms with Crippen molar-refractivity contribution in [2.45, 2.75) is 45.6 Å². The van der Waals surface area contributed by atoms with Crippen LogP contribution in [0.25, 0.3) is 10.8 Å². The number of rotatable bonds is 6. The van der Waals surface area contributed by atoms with Crippen LogP contribution in [-0.2, 0) is 7.05 Å². The van der Waals surface area contributed by atoms with Gasteiger partial charge in [0.1, 0.15) is 0 Å². The first-order valence-corrected chi connectivity index (χ1v) is 7.81. The smallest absolute Gasteiger partial charge is 0.274 e. The van der Waals surface area contributed by atoms with Crippen molar-refractivity contribution in [1.29, 1.82) is 0 Å². The second kappa shape index (κ2) is 7.20. The van der Waals surface area contributed by atoms with E-state index in [-0.39, 0.29) is 17.5 Å². The quantitative estimate of drug-likeness (QED) is 0.834. The molecule has 118 valence electrons. The van der Waals surface area contributed by atoms with E-state index in [1.54, 1.807) is 25.2 Å². The minimum absolute atomic E-state index is 0.0943. The van der Waals surface area contributed by atoms with Crippen molar-refractivity contribution in [3.05, 3.63) is 40.3 Å². The van der Waals surface area contributed by atoms with Gasteiger partial charge >= 0.3 is 0 Å². The van der Waals surface area contributed by atoms with Gasteiger partial charge in [0.2, 0.25) is 0 Å². The van der Waals surface area contributed by atoms with Gasteiger partial charge in [0.15, 0.2) is 5.69 Å². The average Bonchev–Trinajstić information content (AvgIpc) is 2.51. The number of carbonyl (C=O) groups excluding carboxylic acids is 1. The van der Waals surface area contributed by atoms with E-state index >= 15 is 0 Å². The van der Waals surface area contributed by atoms with Crippen molar-refractivity contribution in [2.75, 3.05) is 0 Å². The van der Waals surface area contributed by atoms with Crippen molar-refractivity contribution in [1.82, 2.24) is 15.1 Å². The van der Waals surface area contributed by atoms with Gasteiger partial charge in [-0.15, -0.1) is 0 Å². The number of nitrogens with one attached hydrogen (secondary N) is 1. The number of hydrogen-bond acceptors (Lipinski definition) is 3. The molecule has 0 saturated carbocycles. The summed E-state index contributed by atoms with van der Waals surface area (Å²) in [5.41, 5.74) is 0.114. The predicted molar refractivity (Wildman–Crippen MR) is 88.1 cm³/mol. The van der Waals surface area contributed by atoms with Crippen LogP contribution in [-0.4, -0.2) is 21.7 Å². The summed E-state index contributed by atoms with van der Waals surface area (Å²) in [6.07, 6.45) is 4.37. The van der Waals surface area contributed by atoms with Gasteiger partial charge in [-0.25, -0.2) is 4.68 Å². The molecule has 2 rings (SSSR count). The van der Waals surface area contributed by atoms with Crippen LogP contribution < -0.4 is 10.9 Å². The first-order valence-electron chi connectivity index (χ1n) is 7.81. The lowest BCUT2D eigenvalue weighted by molar-refractivity contribution is 0.0932. The molecule has 0 saturated heterocycles. The van der Waals surface area contributed by atoms with Crippen molar-refractivity contribution in [3.8, 4) is 0 Å². The Morgan fingerprint density at radius 3 is 2.64 bits per heavy atom. The molecule has 22 heavy (non-hydrogen) atoms. The second-order valence-corrected chi connectivity index (χ2v) is 5.69. The Balaban J connectivity index is 2.25. The molecule has 1 N–H and O–H groups in total. The highest BCUT2D eigenvalue weighted by Crippen LogP contribution is 2.13. The molecule has 0 aliphatic carbocycles. The standard InChI is InChI=1S/C17H23N3O2/c1-4-5-6-9-12(2)18-16(21)15-13-10-7-8-11-14(13)17(22)20(3)19-15/h7-8,10-12H,4-6,9H2,1-3H3,(H,18,21)/t12-/m1/s1. The lowest BCUT2D eigenvalue weighted by Crippen LogP contribution is -2.35. The topological polar surface area (TPSA) is 64.0 Å². The molecule has 1 heterocycles. The van der Waals surface area contributed by atoms with Gasteiger partial charge in [0, 0.05) is 18.5 Å². The maximum atomic E-state index is 12.5. The minimum Gasteiger partial charge on any atom is -0.348 e. The zero-order chi connectivity index (χ0) is 16.1. The second-order valence-electron chi connectivity index (χ2n) is 5.69. The molecular weight excluding hydrogens is 278 g/mol. The summed E-state index contributed by atoms with van der Waals surface area (Å²) in [6, 6.07) is 7.18. The van der Waals surface area contributed by atoms with E-state index in [0.717, 1.165) is 19.3 Å². The molecule has 0 fully saturated rings. The predicted octanol–water partition coefficient (Wildman–Crippen LogP) is 2.63. The van der Waals surface area contributed by atoms with E-state index in [0.29, 0.717) is 16.5 Å². The number of nitrogens with zero attached hydrogens (tertiary/aromatic N) is 2. The molecule has 0 radical (unpaired) electrons. The highest BCUT2D eigenvalue weighted by molar-refractivity contribution is 6.04. The summed E-state index contributed by atoms with van der Waals surface area (Å²) < 4.78 is 1.22. The van der Waals surface area contributed by atoms with E-state index < -0.39 is 0 Å². The molecule has 5 nitrogen and oxygen atoms in total. The summed E-state index contributed by atoms with van der Waals surface area (Å²) in [5.74, 6) is -0.226. The molecule has 1 aromatic carbocycles. The van der Waals surface area contributed by atoms with E-state index in [4.69, 9.17) is 0 Å². The number of aromatic nitrogens is 2. The summed E-state index contributed by atoms with van der Waals surface area (Å²) in [5, 5.41) is 8.24. The van der Waals surface area contributed by atoms with Crippen LogP contribution >= 0.6 is 0 Å². The van der Waals surface area contributed by atoms with Gasteiger partial charge in [-0.05, 0) is 19.4 Å². The molecule has 0 bridgehead atoms. The normalized spacial score (nSPS) is 12.3. The fourth-order valence-electron chi connectivity index (χ4n) is 2.53. The lowest BCUT2D eigenvalue weighted by Gasteiger charge is -2.14. The van der Waals surface area contributed by atoms with Gasteiger partial charge in [0.25, 0.3) is 11.5 Å². The Kier molecular flexibility index (Phi) is 5.31. The van der Waals surface area contributed by atoms with Gasteiger partial charge in [0.05, 0.1) is 5.39 Å². The number of benzene rings is 1. The molecule has 1 amide bonds. The molecule has 0 spiro atoms. The van der Waals surface area contributed by atoms with Gasteiger partial charge in [-0.1, -0.05) is 44.4 Å². The molecule has 1 atom stereocenters. The molecule has 0 unspecified atom stereocenters. The largest absolute Gasteiger partial charge is 0.348 e. The monoisotopic (exact) mass is 301 g/mol. The highest BCUT2D eigenvalue weighted by atomic mass is 16.2. The van der Waals surface area contributed by atoms with Crippen LogP contribution in [0.5, 0.6) is 0 Å². The molecule has 5 heteroatoms. The van der Waals surface area contributed by atoms with Crippen molar-refractivity contribution in [2.24, 2.45) is 7.05 Å². The average molecular weight is 301 g/mol. The van der Waals surface area contributed by atoms with Gasteiger partial charge in [-0.3, -0.25) is 9.59 Å². The Labute approximate surface area is 130 Å². The molecule has 0 aliphatic heterocycles. The van der Waals surface area contributed by atoms with Crippen molar-refractivity contribution >= 4 is 16.7 Å². The third-order valence-corrected chi connectivity index (χ3v) is 3.79. The fourth-order valence-corrected chi connectivity index (χ4v) is 2.53. The van der Waals surface area contributed by atoms with Gasteiger partial charge in [-0.2, -0.15) is 5.10 Å². The summed E-state index contributed by atoms with van der Waals surface area (Å²) >= 11 is 0. The lowest BCUT2D eigenvalue weighted by atomic mass is 10.1. The highest BCUT2D eigenvalue weighted by Gasteiger charge is 2.17. The zero-order valence-corrected chi connectivity index (χ0v) is 13.4. The number of fused-ring (bicyclic) bond motifs is 1. The summed E-state index contributed by atoms with van der Waals surface area (Å²) in [4.78, 5) is 24.5. The fraction of sp³-hybridized carbons (Fsp3) is 0.471. The zero-order valence-electron chi connectivity index (χ0n) is 13.4. The van der Waals surface area contributed by atoms with Crippen molar-refractivity contribution < 1.29 is 4.79 Å². The Hall–Kier alpha value is -2.17. The summed E-state index contributed by atoms with van der Waals surface area (Å²) in [6.45, 7) is 4.15. The number of aryl methyl sites for hydroxylation is 1. The minimum atomic E-state index is -0.226. The SMILES string of the molecule is CCCCC[C@@H](C)NC(=O)c1nn(C)c(=O)c2ccccc12. The van der Waals surface area contributed by atoms with Crippen LogP contribution in [0.4, 0.5) is 0 Å². The van der Waals surface area contributed by atoms with Crippen LogP contribution in [0.2, 0.25) is 0 Å². The Morgan fingerprint density at radius 1 is 1.27 bits per heavy atom. The third kappa shape index (κ3) is 3.53. The van der Waals surface area contributed by atoms with E-state index in [2.05, 4.69) is 17.3 Å². The third-order valence-electron chi connectivity index (χ3n) is 3.79. The van der Waals surface area contributed by atoms with Gasteiger partial charge < -0.3 is 5.32 Å². The van der Waals surface area contributed by atoms with Crippen LogP contribution in [0, 0.1) is 0 Å². The Morgan fingerprint density at radius 2 is 1.95 bits per heavy atom. The molecule has 1 aromatic heterocycles.